The molecule has 6 aromatic rings. The maximum absolute atomic E-state index is 2.38. The molecular weight excluding hydrogens is 300 g/mol. The molecule has 0 aliphatic rings. The molecule has 0 amide bonds. The normalized spacial score (nSPS) is 12.2. The molecule has 0 bridgehead atoms. The van der Waals surface area contributed by atoms with Gasteiger partial charge in [-0.1, -0.05) is 78.4 Å². The van der Waals surface area contributed by atoms with Gasteiger partial charge < -0.3 is 0 Å². The van der Waals surface area contributed by atoms with Crippen LogP contribution in [0.2, 0.25) is 0 Å². The first-order valence-corrected chi connectivity index (χ1v) is 8.80. The van der Waals surface area contributed by atoms with Gasteiger partial charge in [0.15, 0.2) is 0 Å². The van der Waals surface area contributed by atoms with E-state index in [-0.39, 0.29) is 0 Å². The van der Waals surface area contributed by atoms with Gasteiger partial charge >= 0.3 is 0 Å². The van der Waals surface area contributed by atoms with Crippen molar-refractivity contribution in [2.45, 2.75) is 6.92 Å². The van der Waals surface area contributed by atoms with Crippen LogP contribution in [0.3, 0.4) is 0 Å². The molecule has 0 saturated carbocycles. The van der Waals surface area contributed by atoms with Crippen LogP contribution >= 0.6 is 0 Å². The molecule has 6 rings (SSSR count). The molecule has 0 nitrogen and oxygen atoms in total. The van der Waals surface area contributed by atoms with Crippen LogP contribution in [0, 0.1) is 6.92 Å². The van der Waals surface area contributed by atoms with Crippen molar-refractivity contribution >= 4 is 53.9 Å². The van der Waals surface area contributed by atoms with Crippen LogP contribution in [-0.2, 0) is 0 Å². The summed E-state index contributed by atoms with van der Waals surface area (Å²) in [4.78, 5) is 0. The second-order valence-electron chi connectivity index (χ2n) is 7.09. The monoisotopic (exact) mass is 316 g/mol. The average molecular weight is 316 g/mol. The molecule has 0 aromatic heterocycles. The summed E-state index contributed by atoms with van der Waals surface area (Å²) < 4.78 is 0. The summed E-state index contributed by atoms with van der Waals surface area (Å²) in [7, 11) is 0. The van der Waals surface area contributed by atoms with E-state index < -0.39 is 0 Å². The number of hydrogen-bond donors (Lipinski definition) is 0. The lowest BCUT2D eigenvalue weighted by molar-refractivity contribution is 1.51. The molecule has 25 heavy (non-hydrogen) atoms. The van der Waals surface area contributed by atoms with Gasteiger partial charge in [0.25, 0.3) is 0 Å². The number of benzene rings is 6. The highest BCUT2D eigenvalue weighted by Gasteiger charge is 2.14. The van der Waals surface area contributed by atoms with E-state index in [1.807, 2.05) is 0 Å². The Morgan fingerprint density at radius 2 is 1.20 bits per heavy atom. The zero-order valence-electron chi connectivity index (χ0n) is 14.0. The molecule has 0 heterocycles. The standard InChI is InChI=1S/C25H16/c1-15-9-11-19-20-8-4-6-16-10-12-21-18-7-3-2-5-17(18)14-23(22(19)13-15)25(21)24(16)20/h2-14H,1H3. The summed E-state index contributed by atoms with van der Waals surface area (Å²) in [6.45, 7) is 2.18. The Morgan fingerprint density at radius 3 is 2.16 bits per heavy atom. The zero-order valence-corrected chi connectivity index (χ0v) is 14.0. The van der Waals surface area contributed by atoms with Crippen LogP contribution in [0.4, 0.5) is 0 Å². The molecule has 0 radical (unpaired) electrons. The van der Waals surface area contributed by atoms with Gasteiger partial charge in [-0.3, -0.25) is 0 Å². The molecule has 0 unspecified atom stereocenters. The van der Waals surface area contributed by atoms with E-state index >= 15 is 0 Å². The van der Waals surface area contributed by atoms with Crippen molar-refractivity contribution in [2.24, 2.45) is 0 Å². The van der Waals surface area contributed by atoms with Crippen LogP contribution in [0.25, 0.3) is 53.9 Å². The molecule has 0 aliphatic carbocycles. The fraction of sp³-hybridized carbons (Fsp3) is 0.0400. The van der Waals surface area contributed by atoms with Crippen molar-refractivity contribution in [2.75, 3.05) is 0 Å². The Labute approximate surface area is 145 Å². The smallest absolute Gasteiger partial charge is 0.00139 e. The molecule has 0 spiro atoms. The van der Waals surface area contributed by atoms with Crippen LogP contribution in [0.5, 0.6) is 0 Å². The molecule has 0 saturated heterocycles. The van der Waals surface area contributed by atoms with E-state index in [9.17, 15) is 0 Å². The van der Waals surface area contributed by atoms with E-state index in [0.29, 0.717) is 0 Å². The van der Waals surface area contributed by atoms with Gasteiger partial charge in [0, 0.05) is 0 Å². The summed E-state index contributed by atoms with van der Waals surface area (Å²) in [5.41, 5.74) is 1.31. The van der Waals surface area contributed by atoms with Gasteiger partial charge in [-0.2, -0.15) is 0 Å². The molecule has 0 atom stereocenters. The van der Waals surface area contributed by atoms with Crippen molar-refractivity contribution in [3.63, 3.8) is 0 Å². The highest BCUT2D eigenvalue weighted by atomic mass is 14.2. The van der Waals surface area contributed by atoms with Gasteiger partial charge in [0.2, 0.25) is 0 Å². The van der Waals surface area contributed by atoms with Crippen molar-refractivity contribution in [3.8, 4) is 0 Å². The second-order valence-corrected chi connectivity index (χ2v) is 7.09. The third kappa shape index (κ3) is 1.62. The maximum atomic E-state index is 2.38. The number of hydrogen-bond acceptors (Lipinski definition) is 0. The van der Waals surface area contributed by atoms with E-state index in [4.69, 9.17) is 0 Å². The molecule has 0 heteroatoms. The number of fused-ring (bicyclic) bond motifs is 5. The lowest BCUT2D eigenvalue weighted by atomic mass is 9.87. The largest absolute Gasteiger partial charge is 0.0616 e. The topological polar surface area (TPSA) is 0 Å². The minimum atomic E-state index is 1.31. The predicted molar refractivity (Wildman–Crippen MR) is 110 cm³/mol. The Bertz CT molecular complexity index is 1440. The fourth-order valence-corrected chi connectivity index (χ4v) is 4.53. The summed E-state index contributed by atoms with van der Waals surface area (Å²) in [5.74, 6) is 0. The first kappa shape index (κ1) is 13.2. The van der Waals surface area contributed by atoms with Crippen LogP contribution in [0.15, 0.2) is 78.9 Å². The molecular formula is C25H16. The van der Waals surface area contributed by atoms with E-state index in [1.165, 1.54) is 59.4 Å². The van der Waals surface area contributed by atoms with Gasteiger partial charge in [-0.15, -0.1) is 0 Å². The fourth-order valence-electron chi connectivity index (χ4n) is 4.53. The van der Waals surface area contributed by atoms with Crippen molar-refractivity contribution in [1.29, 1.82) is 0 Å². The van der Waals surface area contributed by atoms with Crippen LogP contribution in [-0.4, -0.2) is 0 Å². The minimum absolute atomic E-state index is 1.31. The molecule has 6 aromatic carbocycles. The SMILES string of the molecule is Cc1ccc2c(c1)c1cc3ccccc3c3ccc4cccc2c4c31. The number of rotatable bonds is 0. The molecule has 0 N–H and O–H groups in total. The van der Waals surface area contributed by atoms with E-state index in [1.54, 1.807) is 0 Å². The third-order valence-corrected chi connectivity index (χ3v) is 5.62. The van der Waals surface area contributed by atoms with E-state index in [2.05, 4.69) is 85.8 Å². The second kappa shape index (κ2) is 4.49. The van der Waals surface area contributed by atoms with Crippen LogP contribution in [0.1, 0.15) is 5.56 Å². The van der Waals surface area contributed by atoms with Gasteiger partial charge in [-0.05, 0) is 66.9 Å². The molecule has 0 aliphatic heterocycles. The summed E-state index contributed by atoms with van der Waals surface area (Å²) in [5, 5.41) is 13.6. The van der Waals surface area contributed by atoms with Gasteiger partial charge in [0.05, 0.1) is 0 Å². The molecule has 116 valence electrons. The first-order valence-electron chi connectivity index (χ1n) is 8.80. The van der Waals surface area contributed by atoms with Crippen molar-refractivity contribution < 1.29 is 0 Å². The lowest BCUT2D eigenvalue weighted by Gasteiger charge is -2.16. The predicted octanol–water partition coefficient (Wildman–Crippen LogP) is 7.20. The first-order chi connectivity index (χ1) is 12.3. The quantitative estimate of drug-likeness (QED) is 0.205. The minimum Gasteiger partial charge on any atom is -0.0616 e. The maximum Gasteiger partial charge on any atom is -0.00139 e. The summed E-state index contributed by atoms with van der Waals surface area (Å²) >= 11 is 0. The lowest BCUT2D eigenvalue weighted by Crippen LogP contribution is -1.89. The summed E-state index contributed by atoms with van der Waals surface area (Å²) in [6.07, 6.45) is 0. The third-order valence-electron chi connectivity index (χ3n) is 5.62. The van der Waals surface area contributed by atoms with Gasteiger partial charge in [0.1, 0.15) is 0 Å². The Kier molecular flexibility index (Phi) is 2.37. The Balaban J connectivity index is 2.09. The number of aryl methyl sites for hydroxylation is 1. The van der Waals surface area contributed by atoms with Gasteiger partial charge in [-0.25, -0.2) is 0 Å². The Hall–Kier alpha value is -3.12. The average Bonchev–Trinajstić information content (AvgIpc) is 2.66. The highest BCUT2D eigenvalue weighted by Crippen LogP contribution is 2.43. The Morgan fingerprint density at radius 1 is 0.440 bits per heavy atom. The van der Waals surface area contributed by atoms with Crippen LogP contribution < -0.4 is 0 Å². The zero-order chi connectivity index (χ0) is 16.5. The van der Waals surface area contributed by atoms with E-state index in [0.717, 1.165) is 0 Å². The van der Waals surface area contributed by atoms with Crippen molar-refractivity contribution in [1.82, 2.24) is 0 Å². The summed E-state index contributed by atoms with van der Waals surface area (Å²) in [6, 6.07) is 29.2. The molecule has 0 fully saturated rings. The van der Waals surface area contributed by atoms with Crippen molar-refractivity contribution in [3.05, 3.63) is 84.4 Å². The highest BCUT2D eigenvalue weighted by molar-refractivity contribution is 6.37.